The molecule has 1 aromatic rings. The SMILES string of the molecule is Cc1c(NC(=O)N2CC[C@]3(O)CCCC[C@H]3C2)cccc1N(C)C. The second kappa shape index (κ2) is 6.63. The van der Waals surface area contributed by atoms with Crippen molar-refractivity contribution >= 4 is 17.4 Å². The molecule has 24 heavy (non-hydrogen) atoms. The molecular weight excluding hydrogens is 302 g/mol. The van der Waals surface area contributed by atoms with Crippen LogP contribution >= 0.6 is 0 Å². The summed E-state index contributed by atoms with van der Waals surface area (Å²) >= 11 is 0. The van der Waals surface area contributed by atoms with Gasteiger partial charge in [-0.1, -0.05) is 18.9 Å². The molecule has 2 amide bonds. The van der Waals surface area contributed by atoms with Gasteiger partial charge in [0.1, 0.15) is 0 Å². The first-order valence-corrected chi connectivity index (χ1v) is 8.96. The van der Waals surface area contributed by atoms with Gasteiger partial charge in [0.2, 0.25) is 0 Å². The van der Waals surface area contributed by atoms with Crippen LogP contribution in [-0.2, 0) is 0 Å². The maximum absolute atomic E-state index is 12.7. The zero-order valence-electron chi connectivity index (χ0n) is 15.0. The van der Waals surface area contributed by atoms with Gasteiger partial charge in [0.15, 0.2) is 0 Å². The van der Waals surface area contributed by atoms with Crippen molar-refractivity contribution in [3.63, 3.8) is 0 Å². The number of nitrogens with zero attached hydrogens (tertiary/aromatic N) is 2. The van der Waals surface area contributed by atoms with Crippen LogP contribution in [0.3, 0.4) is 0 Å². The van der Waals surface area contributed by atoms with Crippen molar-refractivity contribution in [2.24, 2.45) is 5.92 Å². The summed E-state index contributed by atoms with van der Waals surface area (Å²) in [5.41, 5.74) is 2.49. The highest BCUT2D eigenvalue weighted by Gasteiger charge is 2.43. The van der Waals surface area contributed by atoms with Gasteiger partial charge in [-0.3, -0.25) is 0 Å². The van der Waals surface area contributed by atoms with Crippen LogP contribution in [0.4, 0.5) is 16.2 Å². The van der Waals surface area contributed by atoms with Crippen LogP contribution in [0.15, 0.2) is 18.2 Å². The summed E-state index contributed by atoms with van der Waals surface area (Å²) in [6.07, 6.45) is 4.87. The zero-order chi connectivity index (χ0) is 17.3. The van der Waals surface area contributed by atoms with Crippen molar-refractivity contribution in [3.05, 3.63) is 23.8 Å². The molecule has 0 spiro atoms. The lowest BCUT2D eigenvalue weighted by Crippen LogP contribution is -2.55. The van der Waals surface area contributed by atoms with Crippen molar-refractivity contribution < 1.29 is 9.90 Å². The van der Waals surface area contributed by atoms with Crippen molar-refractivity contribution in [3.8, 4) is 0 Å². The van der Waals surface area contributed by atoms with Crippen molar-refractivity contribution in [1.29, 1.82) is 0 Å². The Hall–Kier alpha value is -1.75. The van der Waals surface area contributed by atoms with Crippen LogP contribution in [0.25, 0.3) is 0 Å². The van der Waals surface area contributed by atoms with E-state index >= 15 is 0 Å². The summed E-state index contributed by atoms with van der Waals surface area (Å²) in [7, 11) is 4.00. The molecule has 0 radical (unpaired) electrons. The summed E-state index contributed by atoms with van der Waals surface area (Å²) in [6, 6.07) is 5.91. The lowest BCUT2D eigenvalue weighted by atomic mass is 9.71. The number of anilines is 2. The minimum Gasteiger partial charge on any atom is -0.389 e. The molecule has 2 fully saturated rings. The Bertz CT molecular complexity index is 617. The Labute approximate surface area is 144 Å². The fourth-order valence-electron chi connectivity index (χ4n) is 4.19. The molecule has 3 rings (SSSR count). The number of likely N-dealkylation sites (tertiary alicyclic amines) is 1. The molecular formula is C19H29N3O2. The molecule has 1 aliphatic heterocycles. The second-order valence-electron chi connectivity index (χ2n) is 7.52. The molecule has 5 heteroatoms. The first kappa shape index (κ1) is 17.1. The van der Waals surface area contributed by atoms with E-state index in [2.05, 4.69) is 5.32 Å². The minimum absolute atomic E-state index is 0.0540. The summed E-state index contributed by atoms with van der Waals surface area (Å²) < 4.78 is 0. The van der Waals surface area contributed by atoms with E-state index in [9.17, 15) is 9.90 Å². The quantitative estimate of drug-likeness (QED) is 0.875. The molecule has 1 aliphatic carbocycles. The molecule has 0 bridgehead atoms. The molecule has 2 atom stereocenters. The predicted octanol–water partition coefficient (Wildman–Crippen LogP) is 3.22. The number of carbonyl (C=O) groups excluding carboxylic acids is 1. The van der Waals surface area contributed by atoms with Gasteiger partial charge in [-0.2, -0.15) is 0 Å². The van der Waals surface area contributed by atoms with E-state index in [1.807, 2.05) is 49.0 Å². The molecule has 2 N–H and O–H groups in total. The highest BCUT2D eigenvalue weighted by molar-refractivity contribution is 5.91. The van der Waals surface area contributed by atoms with E-state index in [1.165, 1.54) is 0 Å². The standard InChI is InChI=1S/C19H29N3O2/c1-14-16(8-6-9-17(14)21(2)3)20-18(23)22-12-11-19(24)10-5-4-7-15(19)13-22/h6,8-9,15,24H,4-5,7,10-13H2,1-3H3,(H,20,23)/t15-,19+/m0/s1. The maximum Gasteiger partial charge on any atom is 0.321 e. The zero-order valence-corrected chi connectivity index (χ0v) is 15.0. The van der Waals surface area contributed by atoms with Crippen molar-refractivity contribution in [2.45, 2.75) is 44.6 Å². The average molecular weight is 331 g/mol. The normalized spacial score (nSPS) is 26.7. The number of fused-ring (bicyclic) bond motifs is 1. The first-order valence-electron chi connectivity index (χ1n) is 8.96. The van der Waals surface area contributed by atoms with Gasteiger partial charge in [-0.15, -0.1) is 0 Å². The lowest BCUT2D eigenvalue weighted by molar-refractivity contribution is -0.0863. The van der Waals surface area contributed by atoms with Crippen molar-refractivity contribution in [2.75, 3.05) is 37.4 Å². The third kappa shape index (κ3) is 3.22. The number of carbonyl (C=O) groups is 1. The van der Waals surface area contributed by atoms with E-state index in [4.69, 9.17) is 0 Å². The number of benzene rings is 1. The number of hydrogen-bond acceptors (Lipinski definition) is 3. The molecule has 0 unspecified atom stereocenters. The Balaban J connectivity index is 1.69. The monoisotopic (exact) mass is 331 g/mol. The van der Waals surface area contributed by atoms with Gasteiger partial charge >= 0.3 is 6.03 Å². The summed E-state index contributed by atoms with van der Waals surface area (Å²) in [4.78, 5) is 16.6. The third-order valence-electron chi connectivity index (χ3n) is 5.74. The number of piperidine rings is 1. The van der Waals surface area contributed by atoms with Gasteiger partial charge in [-0.25, -0.2) is 4.79 Å². The number of aliphatic hydroxyl groups is 1. The molecule has 1 heterocycles. The van der Waals surface area contributed by atoms with Crippen LogP contribution in [-0.4, -0.2) is 48.8 Å². The number of amides is 2. The molecule has 1 saturated carbocycles. The van der Waals surface area contributed by atoms with E-state index in [0.717, 1.165) is 42.6 Å². The Morgan fingerprint density at radius 2 is 2.12 bits per heavy atom. The largest absolute Gasteiger partial charge is 0.389 e. The molecule has 5 nitrogen and oxygen atoms in total. The summed E-state index contributed by atoms with van der Waals surface area (Å²) in [5.74, 6) is 0.222. The van der Waals surface area contributed by atoms with Crippen LogP contribution in [0, 0.1) is 12.8 Å². The fourth-order valence-corrected chi connectivity index (χ4v) is 4.19. The van der Waals surface area contributed by atoms with Gasteiger partial charge in [0.05, 0.1) is 5.60 Å². The van der Waals surface area contributed by atoms with Gasteiger partial charge in [0.25, 0.3) is 0 Å². The smallest absolute Gasteiger partial charge is 0.321 e. The number of nitrogens with one attached hydrogen (secondary N) is 1. The minimum atomic E-state index is -0.546. The van der Waals surface area contributed by atoms with Gasteiger partial charge in [-0.05, 0) is 43.9 Å². The van der Waals surface area contributed by atoms with E-state index in [1.54, 1.807) is 0 Å². The average Bonchev–Trinajstić information content (AvgIpc) is 2.55. The van der Waals surface area contributed by atoms with Gasteiger partial charge in [0, 0.05) is 44.5 Å². The number of hydrogen-bond donors (Lipinski definition) is 2. The lowest BCUT2D eigenvalue weighted by Gasteiger charge is -2.47. The second-order valence-corrected chi connectivity index (χ2v) is 7.52. The number of rotatable bonds is 2. The van der Waals surface area contributed by atoms with E-state index in [0.29, 0.717) is 19.5 Å². The summed E-state index contributed by atoms with van der Waals surface area (Å²) in [5, 5.41) is 13.8. The van der Waals surface area contributed by atoms with Crippen LogP contribution < -0.4 is 10.2 Å². The first-order chi connectivity index (χ1) is 11.4. The molecule has 132 valence electrons. The number of urea groups is 1. The van der Waals surface area contributed by atoms with E-state index < -0.39 is 5.60 Å². The van der Waals surface area contributed by atoms with Gasteiger partial charge < -0.3 is 20.2 Å². The fraction of sp³-hybridized carbons (Fsp3) is 0.632. The highest BCUT2D eigenvalue weighted by Crippen LogP contribution is 2.40. The molecule has 1 saturated heterocycles. The van der Waals surface area contributed by atoms with Crippen LogP contribution in [0.1, 0.15) is 37.7 Å². The molecule has 2 aliphatic rings. The Morgan fingerprint density at radius 3 is 2.88 bits per heavy atom. The Kier molecular flexibility index (Phi) is 4.72. The third-order valence-corrected chi connectivity index (χ3v) is 5.74. The Morgan fingerprint density at radius 1 is 1.33 bits per heavy atom. The van der Waals surface area contributed by atoms with Crippen molar-refractivity contribution in [1.82, 2.24) is 4.90 Å². The maximum atomic E-state index is 12.7. The van der Waals surface area contributed by atoms with Crippen LogP contribution in [0.5, 0.6) is 0 Å². The topological polar surface area (TPSA) is 55.8 Å². The molecule has 1 aromatic carbocycles. The van der Waals surface area contributed by atoms with E-state index in [-0.39, 0.29) is 11.9 Å². The predicted molar refractivity (Wildman–Crippen MR) is 97.6 cm³/mol. The van der Waals surface area contributed by atoms with Crippen LogP contribution in [0.2, 0.25) is 0 Å². The summed E-state index contributed by atoms with van der Waals surface area (Å²) in [6.45, 7) is 3.32. The highest BCUT2D eigenvalue weighted by atomic mass is 16.3. The molecule has 0 aromatic heterocycles.